The number of carbonyl (C=O) groups is 1. The van der Waals surface area contributed by atoms with Gasteiger partial charge in [0.25, 0.3) is 0 Å². The van der Waals surface area contributed by atoms with Crippen LogP contribution in [0.5, 0.6) is 0 Å². The molecule has 0 atom stereocenters. The molecule has 0 fully saturated rings. The minimum Gasteiger partial charge on any atom is -0.550 e. The molecule has 0 bridgehead atoms. The van der Waals surface area contributed by atoms with E-state index in [1.54, 1.807) is 0 Å². The van der Waals surface area contributed by atoms with E-state index in [9.17, 15) is 9.90 Å². The molecule has 0 aliphatic carbocycles. The third kappa shape index (κ3) is 22.1. The van der Waals surface area contributed by atoms with Gasteiger partial charge in [-0.25, -0.2) is 0 Å². The van der Waals surface area contributed by atoms with E-state index >= 15 is 0 Å². The molecule has 3 heteroatoms. The molecule has 0 rings (SSSR count). The van der Waals surface area contributed by atoms with Crippen molar-refractivity contribution in [3.8, 4) is 0 Å². The first kappa shape index (κ1) is 23.0. The summed E-state index contributed by atoms with van der Waals surface area (Å²) in [4.78, 5) is 10.2. The van der Waals surface area contributed by atoms with Gasteiger partial charge in [0.05, 0.1) is 0 Å². The van der Waals surface area contributed by atoms with Crippen LogP contribution in [0, 0.1) is 0 Å². The molecule has 0 aliphatic heterocycles. The Balaban J connectivity index is 0. The minimum absolute atomic E-state index is 0. The smallest absolute Gasteiger partial charge is 0.550 e. The average molecular weight is 300 g/mol. The van der Waals surface area contributed by atoms with Crippen molar-refractivity contribution < 1.29 is 39.5 Å². The van der Waals surface area contributed by atoms with E-state index < -0.39 is 5.97 Å². The van der Waals surface area contributed by atoms with Crippen molar-refractivity contribution in [2.45, 2.75) is 71.1 Å². The number of unbranched alkanes of at least 4 members (excludes halogenated alkanes) is 7. The van der Waals surface area contributed by atoms with Gasteiger partial charge in [0, 0.05) is 5.97 Å². The van der Waals surface area contributed by atoms with E-state index in [2.05, 4.69) is 43.4 Å². The molecular weight excluding hydrogens is 271 g/mol. The van der Waals surface area contributed by atoms with Crippen molar-refractivity contribution in [1.82, 2.24) is 0 Å². The minimum atomic E-state index is -0.927. The SMILES string of the molecule is CCCCC=CC=CC=CCCCCCCCC(=O)[O-].[Na+]. The molecule has 114 valence electrons. The summed E-state index contributed by atoms with van der Waals surface area (Å²) in [5.74, 6) is -0.927. The first-order valence-corrected chi connectivity index (χ1v) is 7.95. The molecule has 2 nitrogen and oxygen atoms in total. The van der Waals surface area contributed by atoms with Gasteiger partial charge in [-0.15, -0.1) is 0 Å². The zero-order chi connectivity index (χ0) is 14.9. The van der Waals surface area contributed by atoms with Gasteiger partial charge in [-0.05, 0) is 32.1 Å². The third-order valence-electron chi connectivity index (χ3n) is 3.08. The summed E-state index contributed by atoms with van der Waals surface area (Å²) < 4.78 is 0. The van der Waals surface area contributed by atoms with Crippen LogP contribution in [0.15, 0.2) is 36.5 Å². The molecule has 21 heavy (non-hydrogen) atoms. The quantitative estimate of drug-likeness (QED) is 0.292. The Morgan fingerprint density at radius 2 is 1.33 bits per heavy atom. The number of hydrogen-bond acceptors (Lipinski definition) is 2. The summed E-state index contributed by atoms with van der Waals surface area (Å²) >= 11 is 0. The topological polar surface area (TPSA) is 40.1 Å². The standard InChI is InChI=1S/C18H30O2.Na/c1-2-3-4-5-6-7-8-9-10-11-12-13-14-15-16-17-18(19)20;/h5-10H,2-4,11-17H2,1H3,(H,19,20);/q;+1/p-1. The number of allylic oxidation sites excluding steroid dienone is 6. The van der Waals surface area contributed by atoms with E-state index in [0.717, 1.165) is 25.7 Å². The maximum atomic E-state index is 10.2. The Bertz CT molecular complexity index is 306. The number of carboxylic acids is 1. The van der Waals surface area contributed by atoms with Gasteiger partial charge in [-0.2, -0.15) is 0 Å². The molecule has 0 saturated carbocycles. The van der Waals surface area contributed by atoms with Gasteiger partial charge in [0.15, 0.2) is 0 Å². The zero-order valence-electron chi connectivity index (χ0n) is 13.9. The van der Waals surface area contributed by atoms with Crippen LogP contribution in [-0.4, -0.2) is 5.97 Å². The van der Waals surface area contributed by atoms with Crippen LogP contribution in [-0.2, 0) is 4.79 Å². The van der Waals surface area contributed by atoms with Gasteiger partial charge < -0.3 is 9.90 Å². The van der Waals surface area contributed by atoms with E-state index in [1.807, 2.05) is 0 Å². The second-order valence-corrected chi connectivity index (χ2v) is 5.06. The van der Waals surface area contributed by atoms with Crippen molar-refractivity contribution in [1.29, 1.82) is 0 Å². The molecule has 0 saturated heterocycles. The second kappa shape index (κ2) is 19.7. The maximum Gasteiger partial charge on any atom is 1.00 e. The van der Waals surface area contributed by atoms with Gasteiger partial charge >= 0.3 is 29.6 Å². The van der Waals surface area contributed by atoms with Gasteiger partial charge in [-0.1, -0.05) is 75.5 Å². The normalized spacial score (nSPS) is 11.5. The van der Waals surface area contributed by atoms with Crippen LogP contribution in [0.2, 0.25) is 0 Å². The van der Waals surface area contributed by atoms with Crippen molar-refractivity contribution in [2.24, 2.45) is 0 Å². The molecule has 0 spiro atoms. The summed E-state index contributed by atoms with van der Waals surface area (Å²) in [7, 11) is 0. The summed E-state index contributed by atoms with van der Waals surface area (Å²) in [6.07, 6.45) is 23.0. The van der Waals surface area contributed by atoms with Crippen molar-refractivity contribution in [3.63, 3.8) is 0 Å². The predicted molar refractivity (Wildman–Crippen MR) is 84.3 cm³/mol. The fraction of sp³-hybridized carbons (Fsp3) is 0.611. The first-order valence-electron chi connectivity index (χ1n) is 7.95. The van der Waals surface area contributed by atoms with Crippen molar-refractivity contribution in [2.75, 3.05) is 0 Å². The van der Waals surface area contributed by atoms with E-state index in [0.29, 0.717) is 0 Å². The molecule has 0 aromatic carbocycles. The van der Waals surface area contributed by atoms with E-state index in [4.69, 9.17) is 0 Å². The monoisotopic (exact) mass is 300 g/mol. The molecule has 0 heterocycles. The molecule has 0 aromatic heterocycles. The molecule has 0 aromatic rings. The predicted octanol–water partition coefficient (Wildman–Crippen LogP) is 1.33. The molecule has 0 radical (unpaired) electrons. The van der Waals surface area contributed by atoms with Crippen LogP contribution in [0.1, 0.15) is 71.1 Å². The van der Waals surface area contributed by atoms with Crippen molar-refractivity contribution in [3.05, 3.63) is 36.5 Å². The number of carbonyl (C=O) groups excluding carboxylic acids is 1. The third-order valence-corrected chi connectivity index (χ3v) is 3.08. The Kier molecular flexibility index (Phi) is 21.5. The maximum absolute atomic E-state index is 10.2. The fourth-order valence-electron chi connectivity index (χ4n) is 1.86. The summed E-state index contributed by atoms with van der Waals surface area (Å²) in [5, 5.41) is 10.2. The second-order valence-electron chi connectivity index (χ2n) is 5.06. The number of carboxylic acid groups (broad SMARTS) is 1. The molecule has 0 aliphatic rings. The Hall–Kier alpha value is -0.310. The van der Waals surface area contributed by atoms with Gasteiger partial charge in [0.1, 0.15) is 0 Å². The molecular formula is C18H29NaO2. The Morgan fingerprint density at radius 1 is 0.810 bits per heavy atom. The van der Waals surface area contributed by atoms with Crippen LogP contribution in [0.3, 0.4) is 0 Å². The summed E-state index contributed by atoms with van der Waals surface area (Å²) in [6, 6.07) is 0. The van der Waals surface area contributed by atoms with E-state index in [1.165, 1.54) is 32.1 Å². The molecule has 0 N–H and O–H groups in total. The van der Waals surface area contributed by atoms with Gasteiger partial charge in [-0.3, -0.25) is 0 Å². The molecule has 0 unspecified atom stereocenters. The zero-order valence-corrected chi connectivity index (χ0v) is 15.9. The fourth-order valence-corrected chi connectivity index (χ4v) is 1.86. The number of rotatable bonds is 13. The van der Waals surface area contributed by atoms with E-state index in [-0.39, 0.29) is 36.0 Å². The number of hydrogen-bond donors (Lipinski definition) is 0. The largest absolute Gasteiger partial charge is 1.00 e. The first-order chi connectivity index (χ1) is 9.77. The Labute approximate surface area is 152 Å². The van der Waals surface area contributed by atoms with Gasteiger partial charge in [0.2, 0.25) is 0 Å². The van der Waals surface area contributed by atoms with Crippen LogP contribution >= 0.6 is 0 Å². The van der Waals surface area contributed by atoms with Crippen LogP contribution in [0.4, 0.5) is 0 Å². The summed E-state index contributed by atoms with van der Waals surface area (Å²) in [6.45, 7) is 2.20. The average Bonchev–Trinajstić information content (AvgIpc) is 2.43. The Morgan fingerprint density at radius 3 is 1.90 bits per heavy atom. The number of aliphatic carboxylic acids is 1. The van der Waals surface area contributed by atoms with Crippen molar-refractivity contribution >= 4 is 5.97 Å². The van der Waals surface area contributed by atoms with Crippen LogP contribution in [0.25, 0.3) is 0 Å². The summed E-state index contributed by atoms with van der Waals surface area (Å²) in [5.41, 5.74) is 0. The van der Waals surface area contributed by atoms with Crippen LogP contribution < -0.4 is 34.7 Å². The molecule has 0 amide bonds.